The Morgan fingerprint density at radius 3 is 2.55 bits per heavy atom. The number of nitrogens with zero attached hydrogens (tertiary/aromatic N) is 1. The molecular formula is C7H8F2N2. The number of nitrogens with two attached hydrogens (primary N) is 1. The highest BCUT2D eigenvalue weighted by Crippen LogP contribution is 2.18. The molecule has 0 bridgehead atoms. The number of anilines is 1. The molecule has 2 N–H and O–H groups in total. The zero-order valence-corrected chi connectivity index (χ0v) is 6.01. The van der Waals surface area contributed by atoms with Gasteiger partial charge in [-0.2, -0.15) is 0 Å². The van der Waals surface area contributed by atoms with E-state index in [1.165, 1.54) is 6.07 Å². The van der Waals surface area contributed by atoms with Crippen molar-refractivity contribution in [2.75, 3.05) is 5.73 Å². The second-order valence-electron chi connectivity index (χ2n) is 2.27. The second kappa shape index (κ2) is 2.82. The van der Waals surface area contributed by atoms with E-state index in [-0.39, 0.29) is 5.69 Å². The monoisotopic (exact) mass is 158 g/mol. The van der Waals surface area contributed by atoms with E-state index in [1.807, 2.05) is 0 Å². The number of hydrogen-bond acceptors (Lipinski definition) is 2. The maximum Gasteiger partial charge on any atom is 0.280 e. The van der Waals surface area contributed by atoms with E-state index in [2.05, 4.69) is 4.98 Å². The second-order valence-corrected chi connectivity index (χ2v) is 2.27. The predicted molar refractivity (Wildman–Crippen MR) is 38.3 cm³/mol. The molecule has 0 unspecified atom stereocenters. The van der Waals surface area contributed by atoms with E-state index in [1.54, 1.807) is 13.0 Å². The molecule has 0 spiro atoms. The summed E-state index contributed by atoms with van der Waals surface area (Å²) in [5.74, 6) is 0. The van der Waals surface area contributed by atoms with Crippen LogP contribution in [-0.4, -0.2) is 4.98 Å². The number of pyridine rings is 1. The average Bonchev–Trinajstić information content (AvgIpc) is 1.85. The minimum atomic E-state index is -2.54. The largest absolute Gasteiger partial charge is 0.399 e. The summed E-state index contributed by atoms with van der Waals surface area (Å²) in [4.78, 5) is 3.60. The van der Waals surface area contributed by atoms with E-state index >= 15 is 0 Å². The normalized spacial score (nSPS) is 10.5. The molecule has 0 aromatic carbocycles. The van der Waals surface area contributed by atoms with E-state index in [9.17, 15) is 8.78 Å². The van der Waals surface area contributed by atoms with Crippen LogP contribution in [0.25, 0.3) is 0 Å². The van der Waals surface area contributed by atoms with Crippen molar-refractivity contribution in [2.45, 2.75) is 13.3 Å². The maximum atomic E-state index is 12.0. The summed E-state index contributed by atoms with van der Waals surface area (Å²) in [6.45, 7) is 1.63. The molecule has 0 atom stereocenters. The Bertz CT molecular complexity index is 240. The lowest BCUT2D eigenvalue weighted by atomic mass is 10.3. The van der Waals surface area contributed by atoms with Gasteiger partial charge in [-0.1, -0.05) is 0 Å². The molecule has 0 aliphatic rings. The average molecular weight is 158 g/mol. The zero-order valence-electron chi connectivity index (χ0n) is 6.01. The number of aromatic nitrogens is 1. The summed E-state index contributed by atoms with van der Waals surface area (Å²) in [5.41, 5.74) is 5.90. The Morgan fingerprint density at radius 2 is 2.09 bits per heavy atom. The van der Waals surface area contributed by atoms with Crippen molar-refractivity contribution in [2.24, 2.45) is 0 Å². The molecule has 0 radical (unpaired) electrons. The highest BCUT2D eigenvalue weighted by atomic mass is 19.3. The Morgan fingerprint density at radius 1 is 1.45 bits per heavy atom. The number of alkyl halides is 2. The molecule has 1 aromatic rings. The first-order valence-corrected chi connectivity index (χ1v) is 3.12. The molecule has 0 saturated carbocycles. The highest BCUT2D eigenvalue weighted by Gasteiger charge is 2.08. The number of rotatable bonds is 1. The molecular weight excluding hydrogens is 150 g/mol. The lowest BCUT2D eigenvalue weighted by molar-refractivity contribution is 0.146. The van der Waals surface area contributed by atoms with Crippen LogP contribution in [0.15, 0.2) is 12.1 Å². The summed E-state index contributed by atoms with van der Waals surface area (Å²) < 4.78 is 24.0. The molecule has 1 heterocycles. The molecule has 2 nitrogen and oxygen atoms in total. The van der Waals surface area contributed by atoms with Gasteiger partial charge in [0.1, 0.15) is 5.69 Å². The fraction of sp³-hybridized carbons (Fsp3) is 0.286. The highest BCUT2D eigenvalue weighted by molar-refractivity contribution is 5.40. The van der Waals surface area contributed by atoms with Crippen LogP contribution < -0.4 is 5.73 Å². The van der Waals surface area contributed by atoms with Gasteiger partial charge >= 0.3 is 0 Å². The van der Waals surface area contributed by atoms with Gasteiger partial charge in [0, 0.05) is 11.4 Å². The predicted octanol–water partition coefficient (Wildman–Crippen LogP) is 1.91. The first-order valence-electron chi connectivity index (χ1n) is 3.12. The van der Waals surface area contributed by atoms with Crippen molar-refractivity contribution >= 4 is 5.69 Å². The summed E-state index contributed by atoms with van der Waals surface area (Å²) >= 11 is 0. The number of nitrogen functional groups attached to an aromatic ring is 1. The van der Waals surface area contributed by atoms with Gasteiger partial charge in [-0.25, -0.2) is 8.78 Å². The molecule has 0 fully saturated rings. The SMILES string of the molecule is Cc1cc(N)cc(C(F)F)n1. The van der Waals surface area contributed by atoms with E-state index in [0.717, 1.165) is 0 Å². The molecule has 4 heteroatoms. The maximum absolute atomic E-state index is 12.0. The van der Waals surface area contributed by atoms with Crippen LogP contribution >= 0.6 is 0 Å². The molecule has 0 saturated heterocycles. The topological polar surface area (TPSA) is 38.9 Å². The number of hydrogen-bond donors (Lipinski definition) is 1. The van der Waals surface area contributed by atoms with Gasteiger partial charge in [-0.05, 0) is 19.1 Å². The summed E-state index contributed by atoms with van der Waals surface area (Å²) in [6, 6.07) is 2.73. The van der Waals surface area contributed by atoms with Crippen LogP contribution in [0.4, 0.5) is 14.5 Å². The molecule has 1 rings (SSSR count). The van der Waals surface area contributed by atoms with Crippen molar-refractivity contribution in [3.05, 3.63) is 23.5 Å². The fourth-order valence-corrected chi connectivity index (χ4v) is 0.834. The van der Waals surface area contributed by atoms with Crippen molar-refractivity contribution in [1.29, 1.82) is 0 Å². The summed E-state index contributed by atoms with van der Waals surface area (Å²) in [7, 11) is 0. The van der Waals surface area contributed by atoms with Crippen LogP contribution in [0.5, 0.6) is 0 Å². The molecule has 60 valence electrons. The summed E-state index contributed by atoms with van der Waals surface area (Å²) in [5, 5.41) is 0. The van der Waals surface area contributed by atoms with Crippen LogP contribution in [0, 0.1) is 6.92 Å². The first kappa shape index (κ1) is 7.91. The van der Waals surface area contributed by atoms with E-state index < -0.39 is 6.43 Å². The number of halogens is 2. The minimum Gasteiger partial charge on any atom is -0.399 e. The molecule has 11 heavy (non-hydrogen) atoms. The molecule has 0 aliphatic heterocycles. The third kappa shape index (κ3) is 1.86. The van der Waals surface area contributed by atoms with Crippen molar-refractivity contribution in [3.63, 3.8) is 0 Å². The summed E-state index contributed by atoms with van der Waals surface area (Å²) in [6.07, 6.45) is -2.54. The van der Waals surface area contributed by atoms with Crippen molar-refractivity contribution in [1.82, 2.24) is 4.98 Å². The van der Waals surface area contributed by atoms with Crippen LogP contribution in [0.3, 0.4) is 0 Å². The Balaban J connectivity index is 3.08. The Labute approximate surface area is 63.1 Å². The third-order valence-electron chi connectivity index (χ3n) is 1.22. The van der Waals surface area contributed by atoms with E-state index in [4.69, 9.17) is 5.73 Å². The van der Waals surface area contributed by atoms with Crippen LogP contribution in [0.1, 0.15) is 17.8 Å². The van der Waals surface area contributed by atoms with Crippen molar-refractivity contribution in [3.8, 4) is 0 Å². The van der Waals surface area contributed by atoms with Gasteiger partial charge in [0.05, 0.1) is 0 Å². The molecule has 0 aliphatic carbocycles. The van der Waals surface area contributed by atoms with Gasteiger partial charge in [-0.15, -0.1) is 0 Å². The van der Waals surface area contributed by atoms with Crippen molar-refractivity contribution < 1.29 is 8.78 Å². The van der Waals surface area contributed by atoms with E-state index in [0.29, 0.717) is 11.4 Å². The first-order chi connectivity index (χ1) is 5.09. The van der Waals surface area contributed by atoms with Gasteiger partial charge in [-0.3, -0.25) is 4.98 Å². The lowest BCUT2D eigenvalue weighted by Gasteiger charge is -2.01. The molecule has 0 amide bonds. The van der Waals surface area contributed by atoms with Crippen LogP contribution in [0.2, 0.25) is 0 Å². The zero-order chi connectivity index (χ0) is 8.43. The lowest BCUT2D eigenvalue weighted by Crippen LogP contribution is -1.95. The quantitative estimate of drug-likeness (QED) is 0.678. The van der Waals surface area contributed by atoms with Gasteiger partial charge in [0.25, 0.3) is 6.43 Å². The van der Waals surface area contributed by atoms with Crippen LogP contribution in [-0.2, 0) is 0 Å². The van der Waals surface area contributed by atoms with Gasteiger partial charge < -0.3 is 5.73 Å². The number of aryl methyl sites for hydroxylation is 1. The standard InChI is InChI=1S/C7H8F2N2/c1-4-2-5(10)3-6(11-4)7(8)9/h2-3,7H,1H3,(H2,10,11). The Hall–Kier alpha value is -1.19. The third-order valence-corrected chi connectivity index (χ3v) is 1.22. The smallest absolute Gasteiger partial charge is 0.280 e. The molecule has 1 aromatic heterocycles. The fourth-order valence-electron chi connectivity index (χ4n) is 0.834. The van der Waals surface area contributed by atoms with Gasteiger partial charge in [0.15, 0.2) is 0 Å². The minimum absolute atomic E-state index is 0.262. The Kier molecular flexibility index (Phi) is 2.03. The van der Waals surface area contributed by atoms with Gasteiger partial charge in [0.2, 0.25) is 0 Å².